The molecule has 82 valence electrons. The highest BCUT2D eigenvalue weighted by molar-refractivity contribution is 7.99. The lowest BCUT2D eigenvalue weighted by Gasteiger charge is -2.29. The van der Waals surface area contributed by atoms with E-state index >= 15 is 0 Å². The molecule has 0 amide bonds. The Hall–Kier alpha value is -0.830. The van der Waals surface area contributed by atoms with Crippen LogP contribution in [0.4, 0.5) is 5.69 Å². The van der Waals surface area contributed by atoms with E-state index in [2.05, 4.69) is 31.3 Å². The highest BCUT2D eigenvalue weighted by atomic mass is 32.2. The normalized spacial score (nSPS) is 19.6. The zero-order chi connectivity index (χ0) is 10.8. The molecule has 2 rings (SSSR count). The highest BCUT2D eigenvalue weighted by Crippen LogP contribution is 2.36. The Morgan fingerprint density at radius 3 is 2.93 bits per heavy atom. The number of hydrogen-bond donors (Lipinski definition) is 1. The molecule has 0 saturated carbocycles. The van der Waals surface area contributed by atoms with Crippen molar-refractivity contribution >= 4 is 17.4 Å². The van der Waals surface area contributed by atoms with Crippen LogP contribution >= 0.6 is 11.8 Å². The lowest BCUT2D eigenvalue weighted by molar-refractivity contribution is 0.414. The molecule has 0 spiro atoms. The quantitative estimate of drug-likeness (QED) is 0.831. The number of benzene rings is 1. The molecule has 1 aromatic rings. The first-order chi connectivity index (χ1) is 7.20. The Balaban J connectivity index is 2.23. The molecule has 3 heteroatoms. The van der Waals surface area contributed by atoms with Crippen LogP contribution in [0.5, 0.6) is 5.75 Å². The smallest absolute Gasteiger partial charge is 0.121 e. The van der Waals surface area contributed by atoms with Gasteiger partial charge in [-0.1, -0.05) is 13.8 Å². The molecule has 1 heterocycles. The minimum atomic E-state index is 0.564. The monoisotopic (exact) mass is 223 g/mol. The van der Waals surface area contributed by atoms with Gasteiger partial charge >= 0.3 is 0 Å². The van der Waals surface area contributed by atoms with Gasteiger partial charge in [-0.2, -0.15) is 0 Å². The van der Waals surface area contributed by atoms with Gasteiger partial charge in [-0.05, 0) is 18.1 Å². The van der Waals surface area contributed by atoms with Crippen molar-refractivity contribution in [2.75, 3.05) is 18.2 Å². The first-order valence-corrected chi connectivity index (χ1v) is 6.26. The van der Waals surface area contributed by atoms with Gasteiger partial charge in [0.15, 0.2) is 0 Å². The van der Waals surface area contributed by atoms with Crippen LogP contribution in [-0.2, 0) is 0 Å². The minimum absolute atomic E-state index is 0.564. The standard InChI is InChI=1S/C12H17NOS/c1-8(2)11-7-15-12-5-4-9(14-3)6-10(12)13-11/h4-6,8,11,13H,7H2,1-3H3. The fourth-order valence-electron chi connectivity index (χ4n) is 1.65. The van der Waals surface area contributed by atoms with Gasteiger partial charge in [0.05, 0.1) is 12.8 Å². The Bertz CT molecular complexity index is 351. The lowest BCUT2D eigenvalue weighted by Crippen LogP contribution is -2.30. The Morgan fingerprint density at radius 1 is 1.47 bits per heavy atom. The van der Waals surface area contributed by atoms with Crippen LogP contribution in [0.3, 0.4) is 0 Å². The van der Waals surface area contributed by atoms with Crippen molar-refractivity contribution < 1.29 is 4.74 Å². The van der Waals surface area contributed by atoms with Crippen LogP contribution < -0.4 is 10.1 Å². The molecule has 1 aliphatic rings. The van der Waals surface area contributed by atoms with Gasteiger partial charge in [0.1, 0.15) is 5.75 Å². The molecule has 2 nitrogen and oxygen atoms in total. The fraction of sp³-hybridized carbons (Fsp3) is 0.500. The minimum Gasteiger partial charge on any atom is -0.497 e. The van der Waals surface area contributed by atoms with Crippen LogP contribution in [0.1, 0.15) is 13.8 Å². The average molecular weight is 223 g/mol. The fourth-order valence-corrected chi connectivity index (χ4v) is 2.92. The molecule has 1 N–H and O–H groups in total. The van der Waals surface area contributed by atoms with Gasteiger partial charge in [-0.3, -0.25) is 0 Å². The van der Waals surface area contributed by atoms with Crippen molar-refractivity contribution in [3.63, 3.8) is 0 Å². The molecule has 0 radical (unpaired) electrons. The first-order valence-electron chi connectivity index (χ1n) is 5.28. The molecule has 1 aromatic carbocycles. The van der Waals surface area contributed by atoms with Gasteiger partial charge in [0.25, 0.3) is 0 Å². The summed E-state index contributed by atoms with van der Waals surface area (Å²) < 4.78 is 5.23. The van der Waals surface area contributed by atoms with E-state index in [1.807, 2.05) is 17.8 Å². The zero-order valence-electron chi connectivity index (χ0n) is 9.41. The van der Waals surface area contributed by atoms with Crippen molar-refractivity contribution in [3.8, 4) is 5.75 Å². The summed E-state index contributed by atoms with van der Waals surface area (Å²) in [6.07, 6.45) is 0. The number of rotatable bonds is 2. The predicted molar refractivity (Wildman–Crippen MR) is 66.0 cm³/mol. The predicted octanol–water partition coefficient (Wildman–Crippen LogP) is 3.24. The molecule has 1 unspecified atom stereocenters. The second kappa shape index (κ2) is 4.35. The van der Waals surface area contributed by atoms with Gasteiger partial charge in [0.2, 0.25) is 0 Å². The topological polar surface area (TPSA) is 21.3 Å². The average Bonchev–Trinajstić information content (AvgIpc) is 2.27. The van der Waals surface area contributed by atoms with E-state index in [0.29, 0.717) is 12.0 Å². The van der Waals surface area contributed by atoms with Crippen molar-refractivity contribution in [1.82, 2.24) is 0 Å². The van der Waals surface area contributed by atoms with Crippen molar-refractivity contribution in [3.05, 3.63) is 18.2 Å². The van der Waals surface area contributed by atoms with E-state index in [1.54, 1.807) is 7.11 Å². The molecule has 15 heavy (non-hydrogen) atoms. The third-order valence-corrected chi connectivity index (χ3v) is 3.94. The number of thioether (sulfide) groups is 1. The molecule has 0 bridgehead atoms. The summed E-state index contributed by atoms with van der Waals surface area (Å²) in [5, 5.41) is 3.57. The third-order valence-electron chi connectivity index (χ3n) is 2.75. The lowest BCUT2D eigenvalue weighted by atomic mass is 10.1. The van der Waals surface area contributed by atoms with E-state index in [9.17, 15) is 0 Å². The maximum absolute atomic E-state index is 5.23. The summed E-state index contributed by atoms with van der Waals surface area (Å²) in [6.45, 7) is 4.51. The third kappa shape index (κ3) is 2.23. The van der Waals surface area contributed by atoms with Gasteiger partial charge in [-0.15, -0.1) is 11.8 Å². The maximum Gasteiger partial charge on any atom is 0.121 e. The Morgan fingerprint density at radius 2 is 2.27 bits per heavy atom. The Labute approximate surface area is 95.4 Å². The summed E-state index contributed by atoms with van der Waals surface area (Å²) >= 11 is 1.93. The van der Waals surface area contributed by atoms with Crippen molar-refractivity contribution in [2.24, 2.45) is 5.92 Å². The van der Waals surface area contributed by atoms with E-state index in [-0.39, 0.29) is 0 Å². The maximum atomic E-state index is 5.23. The first kappa shape index (κ1) is 10.7. The van der Waals surface area contributed by atoms with Crippen molar-refractivity contribution in [1.29, 1.82) is 0 Å². The number of ether oxygens (including phenoxy) is 1. The second-order valence-electron chi connectivity index (χ2n) is 4.17. The van der Waals surface area contributed by atoms with Crippen LogP contribution in [0.25, 0.3) is 0 Å². The van der Waals surface area contributed by atoms with E-state index in [1.165, 1.54) is 10.6 Å². The number of anilines is 1. The molecule has 0 aliphatic carbocycles. The number of methoxy groups -OCH3 is 1. The summed E-state index contributed by atoms with van der Waals surface area (Å²) in [7, 11) is 1.71. The van der Waals surface area contributed by atoms with Gasteiger partial charge in [-0.25, -0.2) is 0 Å². The molecular weight excluding hydrogens is 206 g/mol. The zero-order valence-corrected chi connectivity index (χ0v) is 10.2. The van der Waals surface area contributed by atoms with Crippen LogP contribution in [0, 0.1) is 5.92 Å². The van der Waals surface area contributed by atoms with E-state index in [4.69, 9.17) is 4.74 Å². The number of hydrogen-bond acceptors (Lipinski definition) is 3. The molecule has 1 aliphatic heterocycles. The molecule has 1 atom stereocenters. The largest absolute Gasteiger partial charge is 0.497 e. The van der Waals surface area contributed by atoms with Gasteiger partial charge in [0, 0.05) is 22.8 Å². The molecule has 0 fully saturated rings. The second-order valence-corrected chi connectivity index (χ2v) is 5.23. The number of nitrogens with one attached hydrogen (secondary N) is 1. The van der Waals surface area contributed by atoms with E-state index < -0.39 is 0 Å². The number of fused-ring (bicyclic) bond motifs is 1. The summed E-state index contributed by atoms with van der Waals surface area (Å²) in [6, 6.07) is 6.79. The summed E-state index contributed by atoms with van der Waals surface area (Å²) in [5.74, 6) is 2.74. The van der Waals surface area contributed by atoms with Crippen LogP contribution in [0.2, 0.25) is 0 Å². The van der Waals surface area contributed by atoms with Gasteiger partial charge < -0.3 is 10.1 Å². The highest BCUT2D eigenvalue weighted by Gasteiger charge is 2.20. The van der Waals surface area contributed by atoms with Crippen molar-refractivity contribution in [2.45, 2.75) is 24.8 Å². The summed E-state index contributed by atoms with van der Waals surface area (Å²) in [5.41, 5.74) is 1.21. The van der Waals surface area contributed by atoms with Crippen LogP contribution in [-0.4, -0.2) is 18.9 Å². The molecular formula is C12H17NOS. The molecule has 0 saturated heterocycles. The Kier molecular flexibility index (Phi) is 3.10. The SMILES string of the molecule is COc1ccc2c(c1)NC(C(C)C)CS2. The van der Waals surface area contributed by atoms with Crippen LogP contribution in [0.15, 0.2) is 23.1 Å². The summed E-state index contributed by atoms with van der Waals surface area (Å²) in [4.78, 5) is 1.33. The van der Waals surface area contributed by atoms with E-state index in [0.717, 1.165) is 11.5 Å². The molecule has 0 aromatic heterocycles.